The number of amides is 1. The van der Waals surface area contributed by atoms with Gasteiger partial charge in [-0.1, -0.05) is 289 Å². The van der Waals surface area contributed by atoms with Gasteiger partial charge in [-0.3, -0.25) is 9.59 Å². The van der Waals surface area contributed by atoms with Gasteiger partial charge in [0.1, 0.15) is 6.10 Å². The molecule has 0 saturated heterocycles. The molecule has 0 fully saturated rings. The average Bonchev–Trinajstić information content (AvgIpc) is 3.33. The zero-order valence-corrected chi connectivity index (χ0v) is 46.0. The van der Waals surface area contributed by atoms with E-state index in [1.54, 1.807) is 0 Å². The molecular weight excluding hydrogens is 839 g/mol. The first kappa shape index (κ1) is 66.3. The molecule has 0 heterocycles. The summed E-state index contributed by atoms with van der Waals surface area (Å²) < 4.78 is 5.98. The molecule has 3 atom stereocenters. The third kappa shape index (κ3) is 50.7. The summed E-state index contributed by atoms with van der Waals surface area (Å²) in [6, 6.07) is -0.700. The fourth-order valence-corrected chi connectivity index (χ4v) is 9.64. The number of hydrogen-bond donors (Lipinski definition) is 3. The number of ether oxygens (including phenoxy) is 1. The zero-order chi connectivity index (χ0) is 49.5. The van der Waals surface area contributed by atoms with Crippen LogP contribution in [0, 0.1) is 0 Å². The number of hydrogen-bond acceptors (Lipinski definition) is 5. The molecule has 6 heteroatoms. The normalized spacial score (nSPS) is 13.2. The molecular formula is C62H119NO5. The van der Waals surface area contributed by atoms with Gasteiger partial charge in [-0.25, -0.2) is 0 Å². The Labute approximate surface area is 424 Å². The minimum Gasteiger partial charge on any atom is -0.462 e. The number of esters is 1. The van der Waals surface area contributed by atoms with Crippen LogP contribution in [0.5, 0.6) is 0 Å². The largest absolute Gasteiger partial charge is 0.462 e. The Bertz CT molecular complexity index is 1080. The first-order valence-corrected chi connectivity index (χ1v) is 30.6. The van der Waals surface area contributed by atoms with Gasteiger partial charge in [0.05, 0.1) is 25.2 Å². The summed E-state index contributed by atoms with van der Waals surface area (Å²) >= 11 is 0. The highest BCUT2D eigenvalue weighted by Gasteiger charge is 2.24. The highest BCUT2D eigenvalue weighted by atomic mass is 16.5. The van der Waals surface area contributed by atoms with Gasteiger partial charge >= 0.3 is 5.97 Å². The van der Waals surface area contributed by atoms with Crippen molar-refractivity contribution < 1.29 is 24.5 Å². The SMILES string of the molecule is CCCCC/C=C\C/C=C\CCCCCCCCCC(=O)OC(CCCCCCCCCCCCCCCCC)CC(=O)NC(CO)C(O)CCCCCCCCCCCCCCCCCCC. The van der Waals surface area contributed by atoms with E-state index in [0.717, 1.165) is 57.8 Å². The van der Waals surface area contributed by atoms with Crippen molar-refractivity contribution in [3.8, 4) is 0 Å². The Morgan fingerprint density at radius 1 is 0.426 bits per heavy atom. The number of aliphatic hydroxyl groups is 2. The van der Waals surface area contributed by atoms with E-state index in [9.17, 15) is 19.8 Å². The third-order valence-corrected chi connectivity index (χ3v) is 14.3. The van der Waals surface area contributed by atoms with Gasteiger partial charge < -0.3 is 20.3 Å². The lowest BCUT2D eigenvalue weighted by atomic mass is 10.0. The van der Waals surface area contributed by atoms with Crippen LogP contribution in [0.3, 0.4) is 0 Å². The minimum atomic E-state index is -0.786. The van der Waals surface area contributed by atoms with Crippen molar-refractivity contribution in [2.24, 2.45) is 0 Å². The lowest BCUT2D eigenvalue weighted by Crippen LogP contribution is -2.46. The highest BCUT2D eigenvalue weighted by molar-refractivity contribution is 5.77. The van der Waals surface area contributed by atoms with E-state index >= 15 is 0 Å². The van der Waals surface area contributed by atoms with E-state index in [0.29, 0.717) is 19.3 Å². The number of nitrogens with one attached hydrogen (secondary N) is 1. The summed E-state index contributed by atoms with van der Waals surface area (Å²) in [4.78, 5) is 26.3. The predicted octanol–water partition coefficient (Wildman–Crippen LogP) is 19.0. The van der Waals surface area contributed by atoms with E-state index in [1.165, 1.54) is 231 Å². The maximum Gasteiger partial charge on any atom is 0.306 e. The van der Waals surface area contributed by atoms with Gasteiger partial charge in [-0.15, -0.1) is 0 Å². The number of carbonyl (C=O) groups is 2. The Morgan fingerprint density at radius 2 is 0.750 bits per heavy atom. The second-order valence-electron chi connectivity index (χ2n) is 21.1. The van der Waals surface area contributed by atoms with E-state index < -0.39 is 18.2 Å². The molecule has 0 spiro atoms. The number of aliphatic hydroxyl groups excluding tert-OH is 2. The van der Waals surface area contributed by atoms with E-state index in [-0.39, 0.29) is 24.9 Å². The zero-order valence-electron chi connectivity index (χ0n) is 46.0. The van der Waals surface area contributed by atoms with Crippen LogP contribution >= 0.6 is 0 Å². The van der Waals surface area contributed by atoms with Crippen molar-refractivity contribution in [2.45, 2.75) is 354 Å². The van der Waals surface area contributed by atoms with Crippen LogP contribution in [-0.2, 0) is 14.3 Å². The van der Waals surface area contributed by atoms with Crippen LogP contribution in [0.1, 0.15) is 335 Å². The molecule has 3 N–H and O–H groups in total. The topological polar surface area (TPSA) is 95.9 Å². The standard InChI is InChI=1S/C62H119NO5/c1-4-7-10-13-16-19-22-25-28-30-33-36-39-42-45-48-51-54-60(65)59(57-64)63-61(66)56-58(53-50-47-44-41-38-35-32-27-24-21-18-15-12-9-6-3)68-62(67)55-52-49-46-43-40-37-34-31-29-26-23-20-17-14-11-8-5-2/h17,20,26,29,58-60,64-65H,4-16,18-19,21-25,27-28,30-57H2,1-3H3,(H,63,66)/b20-17-,29-26-. The Hall–Kier alpha value is -1.66. The maximum absolute atomic E-state index is 13.3. The van der Waals surface area contributed by atoms with E-state index in [2.05, 4.69) is 50.4 Å². The lowest BCUT2D eigenvalue weighted by molar-refractivity contribution is -0.151. The van der Waals surface area contributed by atoms with Crippen molar-refractivity contribution in [1.82, 2.24) is 5.32 Å². The highest BCUT2D eigenvalue weighted by Crippen LogP contribution is 2.19. The summed E-state index contributed by atoms with van der Waals surface area (Å²) in [5.74, 6) is -0.460. The summed E-state index contributed by atoms with van der Waals surface area (Å²) in [7, 11) is 0. The van der Waals surface area contributed by atoms with E-state index in [4.69, 9.17) is 4.74 Å². The molecule has 402 valence electrons. The van der Waals surface area contributed by atoms with Crippen LogP contribution in [-0.4, -0.2) is 46.9 Å². The number of rotatable bonds is 56. The van der Waals surface area contributed by atoms with Crippen LogP contribution < -0.4 is 5.32 Å². The molecule has 68 heavy (non-hydrogen) atoms. The first-order valence-electron chi connectivity index (χ1n) is 30.6. The molecule has 6 nitrogen and oxygen atoms in total. The molecule has 0 bridgehead atoms. The molecule has 0 aromatic heterocycles. The van der Waals surface area contributed by atoms with Gasteiger partial charge in [0.2, 0.25) is 5.91 Å². The molecule has 0 aliphatic rings. The van der Waals surface area contributed by atoms with Crippen LogP contribution in [0.2, 0.25) is 0 Å². The Morgan fingerprint density at radius 3 is 1.15 bits per heavy atom. The first-order chi connectivity index (χ1) is 33.5. The molecule has 1 amide bonds. The third-order valence-electron chi connectivity index (χ3n) is 14.3. The molecule has 0 radical (unpaired) electrons. The maximum atomic E-state index is 13.3. The molecule has 0 rings (SSSR count). The Kier molecular flexibility index (Phi) is 54.9. The molecule has 0 aliphatic heterocycles. The van der Waals surface area contributed by atoms with Gasteiger partial charge in [0, 0.05) is 6.42 Å². The second kappa shape index (κ2) is 56.3. The molecule has 0 aliphatic carbocycles. The monoisotopic (exact) mass is 958 g/mol. The van der Waals surface area contributed by atoms with Crippen molar-refractivity contribution in [2.75, 3.05) is 6.61 Å². The van der Waals surface area contributed by atoms with Gasteiger partial charge in [0.15, 0.2) is 0 Å². The molecule has 3 unspecified atom stereocenters. The van der Waals surface area contributed by atoms with Crippen LogP contribution in [0.25, 0.3) is 0 Å². The molecule has 0 aromatic rings. The summed E-state index contributed by atoms with van der Waals surface area (Å²) in [6.45, 7) is 6.51. The average molecular weight is 959 g/mol. The van der Waals surface area contributed by atoms with Crippen molar-refractivity contribution in [3.05, 3.63) is 24.3 Å². The van der Waals surface area contributed by atoms with Gasteiger partial charge in [-0.05, 0) is 57.8 Å². The smallest absolute Gasteiger partial charge is 0.306 e. The summed E-state index contributed by atoms with van der Waals surface area (Å²) in [5, 5.41) is 24.0. The fourth-order valence-electron chi connectivity index (χ4n) is 9.64. The number of carbonyl (C=O) groups excluding carboxylic acids is 2. The minimum absolute atomic E-state index is 0.0810. The van der Waals surface area contributed by atoms with E-state index in [1.807, 2.05) is 0 Å². The van der Waals surface area contributed by atoms with Crippen molar-refractivity contribution >= 4 is 11.9 Å². The quantitative estimate of drug-likeness (QED) is 0.0321. The predicted molar refractivity (Wildman–Crippen MR) is 296 cm³/mol. The lowest BCUT2D eigenvalue weighted by Gasteiger charge is -2.24. The molecule has 0 aromatic carbocycles. The molecule has 0 saturated carbocycles. The number of allylic oxidation sites excluding steroid dienone is 4. The van der Waals surface area contributed by atoms with Crippen LogP contribution in [0.4, 0.5) is 0 Å². The second-order valence-corrected chi connectivity index (χ2v) is 21.1. The van der Waals surface area contributed by atoms with Crippen molar-refractivity contribution in [3.63, 3.8) is 0 Å². The summed E-state index contributed by atoms with van der Waals surface area (Å²) in [5.41, 5.74) is 0. The summed E-state index contributed by atoms with van der Waals surface area (Å²) in [6.07, 6.45) is 66.7. The van der Waals surface area contributed by atoms with Gasteiger partial charge in [-0.2, -0.15) is 0 Å². The number of unbranched alkanes of at least 4 members (excludes halogenated alkanes) is 40. The Balaban J connectivity index is 4.50. The van der Waals surface area contributed by atoms with Crippen molar-refractivity contribution in [1.29, 1.82) is 0 Å². The van der Waals surface area contributed by atoms with Crippen LogP contribution in [0.15, 0.2) is 24.3 Å². The van der Waals surface area contributed by atoms with Gasteiger partial charge in [0.25, 0.3) is 0 Å². The fraction of sp³-hybridized carbons (Fsp3) is 0.903.